The van der Waals surface area contributed by atoms with E-state index >= 15 is 0 Å². The highest BCUT2D eigenvalue weighted by atomic mass is 32.2. The normalized spacial score (nSPS) is 11.9. The summed E-state index contributed by atoms with van der Waals surface area (Å²) in [5, 5.41) is 2.51. The maximum atomic E-state index is 13.3. The van der Waals surface area contributed by atoms with Gasteiger partial charge in [-0.2, -0.15) is 0 Å². The summed E-state index contributed by atoms with van der Waals surface area (Å²) >= 11 is 0. The summed E-state index contributed by atoms with van der Waals surface area (Å²) in [7, 11) is -1.01. The molecule has 178 valence electrons. The Hall–Kier alpha value is -3.92. The van der Waals surface area contributed by atoms with Gasteiger partial charge in [0.25, 0.3) is 10.0 Å². The number of anilines is 1. The number of nitrogens with zero attached hydrogens (tertiary/aromatic N) is 2. The van der Waals surface area contributed by atoms with E-state index in [1.807, 2.05) is 4.72 Å². The smallest absolute Gasteiger partial charge is 0.329 e. The van der Waals surface area contributed by atoms with Crippen LogP contribution in [0.1, 0.15) is 11.1 Å². The van der Waals surface area contributed by atoms with E-state index in [1.165, 1.54) is 11.0 Å². The minimum Gasteiger partial charge on any atom is -0.497 e. The van der Waals surface area contributed by atoms with Gasteiger partial charge in [-0.1, -0.05) is 24.3 Å². The van der Waals surface area contributed by atoms with Crippen LogP contribution in [0.4, 0.5) is 10.5 Å². The number of rotatable bonds is 8. The Morgan fingerprint density at radius 1 is 1.06 bits per heavy atom. The van der Waals surface area contributed by atoms with E-state index in [1.54, 1.807) is 88.1 Å². The fourth-order valence-corrected chi connectivity index (χ4v) is 4.51. The van der Waals surface area contributed by atoms with Crippen molar-refractivity contribution in [2.24, 2.45) is 0 Å². The molecule has 9 nitrogen and oxygen atoms in total. The molecule has 3 rings (SSSR count). The molecule has 2 N–H and O–H groups in total. The summed E-state index contributed by atoms with van der Waals surface area (Å²) in [4.78, 5) is 31.4. The Balaban J connectivity index is 1.81. The van der Waals surface area contributed by atoms with Gasteiger partial charge in [0.2, 0.25) is 5.91 Å². The second-order valence-corrected chi connectivity index (χ2v) is 9.21. The van der Waals surface area contributed by atoms with Crippen LogP contribution >= 0.6 is 0 Å². The van der Waals surface area contributed by atoms with Crippen LogP contribution in [-0.2, 0) is 21.2 Å². The number of ether oxygens (including phenoxy) is 1. The van der Waals surface area contributed by atoms with Gasteiger partial charge in [0.1, 0.15) is 11.8 Å². The molecule has 0 aliphatic carbocycles. The first kappa shape index (κ1) is 24.7. The van der Waals surface area contributed by atoms with Gasteiger partial charge in [-0.25, -0.2) is 17.9 Å². The van der Waals surface area contributed by atoms with Crippen LogP contribution in [0.2, 0.25) is 0 Å². The molecule has 0 aliphatic rings. The number of aromatic nitrogens is 1. The highest BCUT2D eigenvalue weighted by Crippen LogP contribution is 2.19. The lowest BCUT2D eigenvalue weighted by atomic mass is 10.1. The Morgan fingerprint density at radius 3 is 2.38 bits per heavy atom. The molecule has 0 bridgehead atoms. The Kier molecular flexibility index (Phi) is 7.85. The molecule has 2 aromatic carbocycles. The zero-order valence-electron chi connectivity index (χ0n) is 19.1. The van der Waals surface area contributed by atoms with Gasteiger partial charge < -0.3 is 15.0 Å². The third-order valence-corrected chi connectivity index (χ3v) is 6.66. The number of pyridine rings is 1. The number of amides is 3. The number of hydrogen-bond donors (Lipinski definition) is 2. The van der Waals surface area contributed by atoms with Gasteiger partial charge in [-0.15, -0.1) is 0 Å². The fourth-order valence-electron chi connectivity index (χ4n) is 3.34. The van der Waals surface area contributed by atoms with E-state index in [-0.39, 0.29) is 11.3 Å². The average Bonchev–Trinajstić information content (AvgIpc) is 2.83. The van der Waals surface area contributed by atoms with Gasteiger partial charge >= 0.3 is 6.03 Å². The fraction of sp³-hybridized carbons (Fsp3) is 0.208. The van der Waals surface area contributed by atoms with Crippen LogP contribution < -0.4 is 19.7 Å². The molecule has 1 atom stereocenters. The molecule has 34 heavy (non-hydrogen) atoms. The van der Waals surface area contributed by atoms with Crippen molar-refractivity contribution in [2.45, 2.75) is 24.3 Å². The Bertz CT molecular complexity index is 1250. The average molecular weight is 483 g/mol. The first-order chi connectivity index (χ1) is 16.2. The first-order valence-corrected chi connectivity index (χ1v) is 11.9. The van der Waals surface area contributed by atoms with Crippen molar-refractivity contribution in [3.63, 3.8) is 0 Å². The van der Waals surface area contributed by atoms with Gasteiger partial charge in [-0.05, 0) is 54.4 Å². The summed E-state index contributed by atoms with van der Waals surface area (Å²) in [6.07, 6.45) is 3.29. The Morgan fingerprint density at radius 2 is 1.76 bits per heavy atom. The molecule has 10 heteroatoms. The maximum absolute atomic E-state index is 13.3. The number of carbonyl (C=O) groups excluding carboxylic acids is 2. The topological polar surface area (TPSA) is 118 Å². The zero-order valence-corrected chi connectivity index (χ0v) is 19.9. The van der Waals surface area contributed by atoms with E-state index in [2.05, 4.69) is 10.3 Å². The summed E-state index contributed by atoms with van der Waals surface area (Å²) in [5.41, 5.74) is 1.77. The third kappa shape index (κ3) is 6.10. The predicted octanol–water partition coefficient (Wildman–Crippen LogP) is 2.66. The lowest BCUT2D eigenvalue weighted by Crippen LogP contribution is -2.52. The maximum Gasteiger partial charge on any atom is 0.329 e. The van der Waals surface area contributed by atoms with Crippen LogP contribution in [0.25, 0.3) is 0 Å². The number of sulfonamides is 1. The zero-order chi connectivity index (χ0) is 24.7. The number of likely N-dealkylation sites (N-methyl/N-ethyl adjacent to an activating group) is 1. The highest BCUT2D eigenvalue weighted by molar-refractivity contribution is 7.90. The molecule has 1 heterocycles. The van der Waals surface area contributed by atoms with Crippen molar-refractivity contribution < 1.29 is 22.7 Å². The van der Waals surface area contributed by atoms with Crippen LogP contribution in [0.3, 0.4) is 0 Å². The molecule has 3 aromatic rings. The molecule has 0 saturated heterocycles. The van der Waals surface area contributed by atoms with Crippen molar-refractivity contribution >= 4 is 27.6 Å². The molecule has 1 aromatic heterocycles. The number of nitrogens with one attached hydrogen (secondary N) is 2. The summed E-state index contributed by atoms with van der Waals surface area (Å²) < 4.78 is 32.5. The van der Waals surface area contributed by atoms with E-state index in [9.17, 15) is 18.0 Å². The number of carbonyl (C=O) groups is 2. The van der Waals surface area contributed by atoms with Crippen molar-refractivity contribution in [2.75, 3.05) is 19.1 Å². The lowest BCUT2D eigenvalue weighted by molar-refractivity contribution is -0.120. The van der Waals surface area contributed by atoms with Crippen LogP contribution in [0.15, 0.2) is 78.0 Å². The van der Waals surface area contributed by atoms with Crippen LogP contribution in [0.5, 0.6) is 5.75 Å². The number of aryl methyl sites for hydroxylation is 1. The quantitative estimate of drug-likeness (QED) is 0.510. The molecule has 3 amide bonds. The van der Waals surface area contributed by atoms with Crippen LogP contribution in [-0.4, -0.2) is 45.5 Å². The molecular formula is C24H26N4O5S. The third-order valence-electron chi connectivity index (χ3n) is 5.17. The number of hydrogen-bond acceptors (Lipinski definition) is 6. The molecule has 0 fully saturated rings. The minimum atomic E-state index is -4.13. The van der Waals surface area contributed by atoms with Crippen molar-refractivity contribution in [1.82, 2.24) is 15.0 Å². The number of urea groups is 1. The van der Waals surface area contributed by atoms with Crippen LogP contribution in [0, 0.1) is 6.92 Å². The second-order valence-electron chi connectivity index (χ2n) is 7.56. The summed E-state index contributed by atoms with van der Waals surface area (Å²) in [6, 6.07) is 14.6. The summed E-state index contributed by atoms with van der Waals surface area (Å²) in [6.45, 7) is 1.63. The number of methoxy groups -OCH3 is 1. The number of benzene rings is 2. The first-order valence-electron chi connectivity index (χ1n) is 10.4. The van der Waals surface area contributed by atoms with E-state index in [0.29, 0.717) is 22.6 Å². The SMILES string of the molecule is COc1ccc(N(C)C(=O)[C@H](Cc2cccnc2)NC(=O)NS(=O)(=O)c2ccccc2C)cc1. The van der Waals surface area contributed by atoms with Gasteiger partial charge in [0, 0.05) is 31.5 Å². The lowest BCUT2D eigenvalue weighted by Gasteiger charge is -2.25. The molecule has 0 unspecified atom stereocenters. The van der Waals surface area contributed by atoms with Gasteiger partial charge in [0.05, 0.1) is 12.0 Å². The molecule has 0 saturated carbocycles. The van der Waals surface area contributed by atoms with E-state index in [0.717, 1.165) is 0 Å². The predicted molar refractivity (Wildman–Crippen MR) is 128 cm³/mol. The van der Waals surface area contributed by atoms with Crippen molar-refractivity contribution in [1.29, 1.82) is 0 Å². The molecule has 0 aliphatic heterocycles. The standard InChI is InChI=1S/C24H26N4O5S/c1-17-7-4-5-9-22(17)34(31,32)27-24(30)26-21(15-18-8-6-14-25-16-18)23(29)28(2)19-10-12-20(33-3)13-11-19/h4-14,16,21H,15H2,1-3H3,(H2,26,27,30)/t21-/m0/s1. The second kappa shape index (κ2) is 10.8. The summed E-state index contributed by atoms with van der Waals surface area (Å²) in [5.74, 6) is 0.202. The van der Waals surface area contributed by atoms with Gasteiger partial charge in [0.15, 0.2) is 0 Å². The molecular weight excluding hydrogens is 456 g/mol. The highest BCUT2D eigenvalue weighted by Gasteiger charge is 2.28. The van der Waals surface area contributed by atoms with Crippen molar-refractivity contribution in [3.05, 3.63) is 84.2 Å². The largest absolute Gasteiger partial charge is 0.497 e. The Labute approximate surface area is 198 Å². The minimum absolute atomic E-state index is 0.0179. The van der Waals surface area contributed by atoms with E-state index in [4.69, 9.17) is 4.74 Å². The molecule has 0 spiro atoms. The monoisotopic (exact) mass is 482 g/mol. The van der Waals surface area contributed by atoms with E-state index < -0.39 is 28.0 Å². The van der Waals surface area contributed by atoms with Crippen molar-refractivity contribution in [3.8, 4) is 5.75 Å². The van der Waals surface area contributed by atoms with Gasteiger partial charge in [-0.3, -0.25) is 9.78 Å². The molecule has 0 radical (unpaired) electrons.